The van der Waals surface area contributed by atoms with Crippen LogP contribution in [0.4, 0.5) is 0 Å². The van der Waals surface area contributed by atoms with Crippen molar-refractivity contribution < 1.29 is 19.1 Å². The van der Waals surface area contributed by atoms with Crippen LogP contribution in [-0.2, 0) is 19.1 Å². The summed E-state index contributed by atoms with van der Waals surface area (Å²) in [5, 5.41) is 0. The smallest absolute Gasteiger partial charge is 0.344 e. The van der Waals surface area contributed by atoms with Crippen molar-refractivity contribution in [3.8, 4) is 0 Å². The second kappa shape index (κ2) is 9.97. The fourth-order valence-corrected chi connectivity index (χ4v) is 1.10. The number of allylic oxidation sites excluding steroid dienone is 3. The lowest BCUT2D eigenvalue weighted by Crippen LogP contribution is -2.38. The number of esters is 2. The van der Waals surface area contributed by atoms with Gasteiger partial charge < -0.3 is 15.2 Å². The van der Waals surface area contributed by atoms with Crippen molar-refractivity contribution in [1.82, 2.24) is 0 Å². The van der Waals surface area contributed by atoms with E-state index in [9.17, 15) is 9.59 Å². The lowest BCUT2D eigenvalue weighted by Gasteiger charge is -2.14. The number of carbonyl (C=O) groups is 2. The van der Waals surface area contributed by atoms with Crippen LogP contribution in [0.5, 0.6) is 0 Å². The lowest BCUT2D eigenvalue weighted by molar-refractivity contribution is -0.159. The van der Waals surface area contributed by atoms with E-state index in [1.807, 2.05) is 19.1 Å². The highest BCUT2D eigenvalue weighted by Crippen LogP contribution is 2.01. The molecule has 0 aromatic carbocycles. The molecule has 0 radical (unpaired) electrons. The molecule has 0 saturated carbocycles. The van der Waals surface area contributed by atoms with E-state index in [2.05, 4.69) is 6.58 Å². The number of rotatable bonds is 8. The molecule has 0 aliphatic heterocycles. The topological polar surface area (TPSA) is 78.6 Å². The maximum absolute atomic E-state index is 11.4. The van der Waals surface area contributed by atoms with Crippen LogP contribution < -0.4 is 5.73 Å². The molecule has 0 saturated heterocycles. The molecule has 0 rings (SSSR count). The Morgan fingerprint density at radius 1 is 1.25 bits per heavy atom. The Hall–Kier alpha value is -1.88. The molecule has 0 amide bonds. The van der Waals surface area contributed by atoms with Crippen LogP contribution in [0.1, 0.15) is 20.8 Å². The highest BCUT2D eigenvalue weighted by molar-refractivity contribution is 5.79. The van der Waals surface area contributed by atoms with E-state index in [1.165, 1.54) is 0 Å². The summed E-state index contributed by atoms with van der Waals surface area (Å²) in [4.78, 5) is 22.8. The third-order valence-electron chi connectivity index (χ3n) is 2.49. The summed E-state index contributed by atoms with van der Waals surface area (Å²) < 4.78 is 9.73. The van der Waals surface area contributed by atoms with E-state index in [-0.39, 0.29) is 12.5 Å². The number of hydrogen-bond donors (Lipinski definition) is 1. The molecule has 1 atom stereocenters. The Balaban J connectivity index is 4.12. The van der Waals surface area contributed by atoms with Crippen molar-refractivity contribution in [1.29, 1.82) is 0 Å². The van der Waals surface area contributed by atoms with Gasteiger partial charge >= 0.3 is 11.9 Å². The fourth-order valence-electron chi connectivity index (χ4n) is 1.10. The maximum Gasteiger partial charge on any atom is 0.344 e. The van der Waals surface area contributed by atoms with Crippen LogP contribution in [0.3, 0.4) is 0 Å². The third-order valence-corrected chi connectivity index (χ3v) is 2.49. The third kappa shape index (κ3) is 7.53. The second-order valence-electron chi connectivity index (χ2n) is 4.51. The van der Waals surface area contributed by atoms with Gasteiger partial charge in [0, 0.05) is 0 Å². The predicted molar refractivity (Wildman–Crippen MR) is 77.8 cm³/mol. The average molecular weight is 281 g/mol. The quantitative estimate of drug-likeness (QED) is 0.541. The zero-order chi connectivity index (χ0) is 15.5. The molecule has 112 valence electrons. The van der Waals surface area contributed by atoms with Crippen LogP contribution in [0.2, 0.25) is 0 Å². The first-order valence-electron chi connectivity index (χ1n) is 6.44. The standard InChI is InChI=1S/C15H23NO4/c1-5-7-8-12(6-2)9-19-13(17)10-20-15(18)14(16)11(3)4/h5-8,11,14H,2,9-10,16H2,1,3-4H3/b7-5-,12-8+. The van der Waals surface area contributed by atoms with Gasteiger partial charge in [-0.3, -0.25) is 4.79 Å². The van der Waals surface area contributed by atoms with Crippen molar-refractivity contribution >= 4 is 11.9 Å². The molecule has 0 aromatic rings. The molecule has 0 heterocycles. The van der Waals surface area contributed by atoms with E-state index in [1.54, 1.807) is 26.0 Å². The molecule has 20 heavy (non-hydrogen) atoms. The Morgan fingerprint density at radius 3 is 2.40 bits per heavy atom. The SMILES string of the molecule is C=C/C(=C\C=C/C)COC(=O)COC(=O)C(N)C(C)C. The van der Waals surface area contributed by atoms with Gasteiger partial charge in [0.2, 0.25) is 0 Å². The molecule has 0 bridgehead atoms. The van der Waals surface area contributed by atoms with Gasteiger partial charge in [0.1, 0.15) is 12.6 Å². The first kappa shape index (κ1) is 18.1. The zero-order valence-electron chi connectivity index (χ0n) is 12.3. The molecule has 0 fully saturated rings. The summed E-state index contributed by atoms with van der Waals surface area (Å²) in [5.41, 5.74) is 6.34. The molecule has 0 spiro atoms. The molecule has 5 heteroatoms. The maximum atomic E-state index is 11.4. The van der Waals surface area contributed by atoms with Gasteiger partial charge in [-0.1, -0.05) is 44.7 Å². The number of carbonyl (C=O) groups excluding carboxylic acids is 2. The Kier molecular flexibility index (Phi) is 9.04. The van der Waals surface area contributed by atoms with E-state index in [4.69, 9.17) is 15.2 Å². The summed E-state index contributed by atoms with van der Waals surface area (Å²) in [6.07, 6.45) is 7.03. The monoisotopic (exact) mass is 281 g/mol. The Morgan fingerprint density at radius 2 is 1.90 bits per heavy atom. The molecule has 5 nitrogen and oxygen atoms in total. The molecule has 2 N–H and O–H groups in total. The van der Waals surface area contributed by atoms with Crippen LogP contribution in [0, 0.1) is 5.92 Å². The normalized spacial score (nSPS) is 13.3. The minimum Gasteiger partial charge on any atom is -0.458 e. The van der Waals surface area contributed by atoms with Crippen molar-refractivity contribution in [2.45, 2.75) is 26.8 Å². The van der Waals surface area contributed by atoms with Crippen molar-refractivity contribution in [2.24, 2.45) is 11.7 Å². The van der Waals surface area contributed by atoms with Gasteiger partial charge in [-0.15, -0.1) is 0 Å². The van der Waals surface area contributed by atoms with Gasteiger partial charge in [-0.25, -0.2) is 4.79 Å². The average Bonchev–Trinajstić information content (AvgIpc) is 2.43. The van der Waals surface area contributed by atoms with Gasteiger partial charge in [-0.05, 0) is 18.4 Å². The van der Waals surface area contributed by atoms with Gasteiger partial charge in [0.25, 0.3) is 0 Å². The lowest BCUT2D eigenvalue weighted by atomic mass is 10.1. The van der Waals surface area contributed by atoms with Gasteiger partial charge in [0.05, 0.1) is 0 Å². The van der Waals surface area contributed by atoms with Crippen LogP contribution in [-0.4, -0.2) is 31.2 Å². The largest absolute Gasteiger partial charge is 0.458 e. The van der Waals surface area contributed by atoms with Crippen molar-refractivity contribution in [3.05, 3.63) is 36.5 Å². The van der Waals surface area contributed by atoms with Gasteiger partial charge in [-0.2, -0.15) is 0 Å². The zero-order valence-corrected chi connectivity index (χ0v) is 12.3. The first-order chi connectivity index (χ1) is 9.42. The van der Waals surface area contributed by atoms with Crippen LogP contribution in [0.15, 0.2) is 36.5 Å². The number of nitrogens with two attached hydrogens (primary N) is 1. The second-order valence-corrected chi connectivity index (χ2v) is 4.51. The summed E-state index contributed by atoms with van der Waals surface area (Å²) in [5.74, 6) is -1.28. The highest BCUT2D eigenvalue weighted by atomic mass is 16.6. The molecular formula is C15H23NO4. The van der Waals surface area contributed by atoms with Crippen molar-refractivity contribution in [3.63, 3.8) is 0 Å². The van der Waals surface area contributed by atoms with Crippen LogP contribution >= 0.6 is 0 Å². The first-order valence-corrected chi connectivity index (χ1v) is 6.44. The van der Waals surface area contributed by atoms with Crippen molar-refractivity contribution in [2.75, 3.05) is 13.2 Å². The minimum atomic E-state index is -0.735. The predicted octanol–water partition coefficient (Wildman–Crippen LogP) is 1.74. The van der Waals surface area contributed by atoms with E-state index < -0.39 is 24.6 Å². The molecule has 0 aromatic heterocycles. The number of ether oxygens (including phenoxy) is 2. The van der Waals surface area contributed by atoms with E-state index in [0.29, 0.717) is 0 Å². The fraction of sp³-hybridized carbons (Fsp3) is 0.467. The molecule has 0 aliphatic rings. The summed E-state index contributed by atoms with van der Waals surface area (Å²) in [7, 11) is 0. The summed E-state index contributed by atoms with van der Waals surface area (Å²) in [6.45, 7) is 8.73. The number of hydrogen-bond acceptors (Lipinski definition) is 5. The summed E-state index contributed by atoms with van der Waals surface area (Å²) >= 11 is 0. The van der Waals surface area contributed by atoms with Crippen LogP contribution in [0.25, 0.3) is 0 Å². The van der Waals surface area contributed by atoms with Gasteiger partial charge in [0.15, 0.2) is 6.61 Å². The van der Waals surface area contributed by atoms with E-state index >= 15 is 0 Å². The highest BCUT2D eigenvalue weighted by Gasteiger charge is 2.20. The molecule has 1 unspecified atom stereocenters. The summed E-state index contributed by atoms with van der Waals surface area (Å²) in [6, 6.07) is -0.735. The Labute approximate surface area is 120 Å². The molecular weight excluding hydrogens is 258 g/mol. The minimum absolute atomic E-state index is 0.0466. The molecule has 0 aliphatic carbocycles. The van der Waals surface area contributed by atoms with E-state index in [0.717, 1.165) is 5.57 Å². The Bertz CT molecular complexity index is 397.